The van der Waals surface area contributed by atoms with Crippen LogP contribution >= 0.6 is 0 Å². The monoisotopic (exact) mass is 381 g/mol. The second-order valence-electron chi connectivity index (χ2n) is 7.45. The van der Waals surface area contributed by atoms with E-state index < -0.39 is 0 Å². The summed E-state index contributed by atoms with van der Waals surface area (Å²) in [4.78, 5) is 13.4. The van der Waals surface area contributed by atoms with Gasteiger partial charge in [0.2, 0.25) is 0 Å². The van der Waals surface area contributed by atoms with E-state index in [0.717, 1.165) is 30.6 Å². The number of aryl methyl sites for hydroxylation is 2. The van der Waals surface area contributed by atoms with E-state index >= 15 is 0 Å². The maximum atomic E-state index is 6.07. The number of nitrogens with zero attached hydrogens (tertiary/aromatic N) is 4. The minimum Gasteiger partial charge on any atom is -0.370 e. The first-order chi connectivity index (χ1) is 13.5. The van der Waals surface area contributed by atoms with E-state index in [2.05, 4.69) is 52.2 Å². The minimum atomic E-state index is 0.0584. The largest absolute Gasteiger partial charge is 0.370 e. The van der Waals surface area contributed by atoms with Gasteiger partial charge in [-0.3, -0.25) is 4.99 Å². The molecule has 28 heavy (non-hydrogen) atoms. The molecule has 2 heterocycles. The molecule has 0 amide bonds. The van der Waals surface area contributed by atoms with Gasteiger partial charge in [-0.05, 0) is 37.1 Å². The van der Waals surface area contributed by atoms with E-state index in [1.54, 1.807) is 0 Å². The Kier molecular flexibility index (Phi) is 6.52. The Morgan fingerprint density at radius 3 is 2.82 bits per heavy atom. The Morgan fingerprint density at radius 1 is 1.29 bits per heavy atom. The molecule has 1 atom stereocenters. The molecule has 1 unspecified atom stereocenters. The Bertz CT molecular complexity index is 833. The van der Waals surface area contributed by atoms with Crippen molar-refractivity contribution in [3.05, 3.63) is 58.8 Å². The van der Waals surface area contributed by atoms with E-state index in [1.165, 1.54) is 16.7 Å². The van der Waals surface area contributed by atoms with Gasteiger partial charge in [0.05, 0.1) is 25.4 Å². The van der Waals surface area contributed by atoms with Crippen LogP contribution in [0.5, 0.6) is 0 Å². The molecule has 0 aliphatic carbocycles. The van der Waals surface area contributed by atoms with Crippen LogP contribution in [0, 0.1) is 13.8 Å². The summed E-state index contributed by atoms with van der Waals surface area (Å²) >= 11 is 0. The molecule has 0 saturated carbocycles. The number of morpholine rings is 1. The van der Waals surface area contributed by atoms with Crippen LogP contribution in [0.25, 0.3) is 0 Å². The quantitative estimate of drug-likeness (QED) is 0.652. The van der Waals surface area contributed by atoms with Gasteiger partial charge in [0, 0.05) is 27.7 Å². The number of aliphatic imine (C=N–C) groups is 1. The van der Waals surface area contributed by atoms with Crippen molar-refractivity contribution in [2.45, 2.75) is 26.5 Å². The molecule has 0 radical (unpaired) electrons. The molecule has 1 aliphatic heterocycles. The van der Waals surface area contributed by atoms with Gasteiger partial charge in [-0.2, -0.15) is 0 Å². The minimum absolute atomic E-state index is 0.0584. The first-order valence-electron chi connectivity index (χ1n) is 9.75. The Labute approximate surface area is 168 Å². The number of nitrogens with one attached hydrogen (secondary N) is 1. The van der Waals surface area contributed by atoms with Crippen LogP contribution < -0.4 is 10.2 Å². The average Bonchev–Trinajstić information content (AvgIpc) is 2.69. The van der Waals surface area contributed by atoms with Gasteiger partial charge in [0.1, 0.15) is 11.9 Å². The zero-order valence-corrected chi connectivity index (χ0v) is 17.6. The summed E-state index contributed by atoms with van der Waals surface area (Å²) in [5.74, 6) is 1.84. The highest BCUT2D eigenvalue weighted by Crippen LogP contribution is 2.26. The van der Waals surface area contributed by atoms with E-state index in [0.29, 0.717) is 13.2 Å². The number of guanidine groups is 1. The van der Waals surface area contributed by atoms with Gasteiger partial charge in [-0.25, -0.2) is 4.98 Å². The number of hydrogen-bond acceptors (Lipinski definition) is 4. The molecule has 150 valence electrons. The van der Waals surface area contributed by atoms with Crippen molar-refractivity contribution < 1.29 is 4.74 Å². The van der Waals surface area contributed by atoms with Crippen LogP contribution in [0.4, 0.5) is 5.82 Å². The van der Waals surface area contributed by atoms with E-state index in [9.17, 15) is 0 Å². The second kappa shape index (κ2) is 9.06. The second-order valence-corrected chi connectivity index (χ2v) is 7.45. The molecule has 1 fully saturated rings. The van der Waals surface area contributed by atoms with Crippen molar-refractivity contribution in [1.82, 2.24) is 15.2 Å². The Hall–Kier alpha value is -2.60. The molecular formula is C22H31N5O. The number of aromatic nitrogens is 1. The van der Waals surface area contributed by atoms with E-state index in [1.807, 2.05) is 44.2 Å². The molecule has 0 spiro atoms. The smallest absolute Gasteiger partial charge is 0.194 e. The SMILES string of the molecule is CN=C(NCc1cccc(N(C)C)n1)N1CCOC(c2ccc(C)cc2C)C1. The molecule has 1 aromatic carbocycles. The predicted molar refractivity (Wildman–Crippen MR) is 115 cm³/mol. The lowest BCUT2D eigenvalue weighted by atomic mass is 10.00. The number of hydrogen-bond donors (Lipinski definition) is 1. The summed E-state index contributed by atoms with van der Waals surface area (Å²) in [5.41, 5.74) is 4.80. The third-order valence-corrected chi connectivity index (χ3v) is 5.03. The van der Waals surface area contributed by atoms with Crippen LogP contribution in [-0.4, -0.2) is 56.7 Å². The van der Waals surface area contributed by atoms with Crippen LogP contribution in [0.15, 0.2) is 41.4 Å². The highest BCUT2D eigenvalue weighted by molar-refractivity contribution is 5.80. The standard InChI is InChI=1S/C22H31N5O/c1-16-9-10-19(17(2)13-16)20-15-27(11-12-28-20)22(23-3)24-14-18-7-6-8-21(25-18)26(4)5/h6-10,13,20H,11-12,14-15H2,1-5H3,(H,23,24). The first-order valence-corrected chi connectivity index (χ1v) is 9.75. The molecule has 0 bridgehead atoms. The lowest BCUT2D eigenvalue weighted by molar-refractivity contribution is -0.00834. The maximum absolute atomic E-state index is 6.07. The van der Waals surface area contributed by atoms with Crippen molar-refractivity contribution in [2.24, 2.45) is 4.99 Å². The fourth-order valence-electron chi connectivity index (χ4n) is 3.53. The molecule has 2 aromatic rings. The molecular weight excluding hydrogens is 350 g/mol. The summed E-state index contributed by atoms with van der Waals surface area (Å²) in [5, 5.41) is 3.46. The van der Waals surface area contributed by atoms with Crippen LogP contribution in [0.2, 0.25) is 0 Å². The average molecular weight is 382 g/mol. The normalized spacial score (nSPS) is 17.5. The predicted octanol–water partition coefficient (Wildman–Crippen LogP) is 2.91. The highest BCUT2D eigenvalue weighted by atomic mass is 16.5. The van der Waals surface area contributed by atoms with Gasteiger partial charge < -0.3 is 19.9 Å². The lowest BCUT2D eigenvalue weighted by Crippen LogP contribution is -2.48. The lowest BCUT2D eigenvalue weighted by Gasteiger charge is -2.35. The topological polar surface area (TPSA) is 53.0 Å². The molecule has 1 aromatic heterocycles. The molecule has 1 saturated heterocycles. The van der Waals surface area contributed by atoms with Crippen molar-refractivity contribution in [1.29, 1.82) is 0 Å². The third-order valence-electron chi connectivity index (χ3n) is 5.03. The van der Waals surface area contributed by atoms with Gasteiger partial charge in [0.15, 0.2) is 5.96 Å². The zero-order valence-electron chi connectivity index (χ0n) is 17.6. The molecule has 3 rings (SSSR count). The molecule has 1 N–H and O–H groups in total. The van der Waals surface area contributed by atoms with Gasteiger partial charge in [-0.15, -0.1) is 0 Å². The summed E-state index contributed by atoms with van der Waals surface area (Å²) in [6.07, 6.45) is 0.0584. The number of ether oxygens (including phenoxy) is 1. The first kappa shape index (κ1) is 20.1. The van der Waals surface area contributed by atoms with Crippen LogP contribution in [0.1, 0.15) is 28.5 Å². The highest BCUT2D eigenvalue weighted by Gasteiger charge is 2.25. The van der Waals surface area contributed by atoms with E-state index in [-0.39, 0.29) is 6.10 Å². The van der Waals surface area contributed by atoms with Gasteiger partial charge >= 0.3 is 0 Å². The number of rotatable bonds is 4. The Balaban J connectivity index is 1.66. The number of benzene rings is 1. The number of anilines is 1. The van der Waals surface area contributed by atoms with Gasteiger partial charge in [-0.1, -0.05) is 29.8 Å². The zero-order chi connectivity index (χ0) is 20.1. The Morgan fingerprint density at radius 2 is 2.11 bits per heavy atom. The fraction of sp³-hybridized carbons (Fsp3) is 0.455. The van der Waals surface area contributed by atoms with Crippen LogP contribution in [0.3, 0.4) is 0 Å². The summed E-state index contributed by atoms with van der Waals surface area (Å²) in [7, 11) is 5.83. The molecule has 6 heteroatoms. The van der Waals surface area contributed by atoms with Crippen molar-refractivity contribution in [3.8, 4) is 0 Å². The van der Waals surface area contributed by atoms with Crippen molar-refractivity contribution >= 4 is 11.8 Å². The maximum Gasteiger partial charge on any atom is 0.194 e. The van der Waals surface area contributed by atoms with Crippen molar-refractivity contribution in [2.75, 3.05) is 45.7 Å². The summed E-state index contributed by atoms with van der Waals surface area (Å²) < 4.78 is 6.07. The molecule has 1 aliphatic rings. The van der Waals surface area contributed by atoms with E-state index in [4.69, 9.17) is 4.74 Å². The van der Waals surface area contributed by atoms with Gasteiger partial charge in [0.25, 0.3) is 0 Å². The molecule has 6 nitrogen and oxygen atoms in total. The fourth-order valence-corrected chi connectivity index (χ4v) is 3.53. The summed E-state index contributed by atoms with van der Waals surface area (Å²) in [6.45, 7) is 7.21. The third kappa shape index (κ3) is 4.81. The van der Waals surface area contributed by atoms with Crippen LogP contribution in [-0.2, 0) is 11.3 Å². The number of pyridine rings is 1. The van der Waals surface area contributed by atoms with Crippen molar-refractivity contribution in [3.63, 3.8) is 0 Å². The summed E-state index contributed by atoms with van der Waals surface area (Å²) in [6, 6.07) is 12.6.